The molecule has 0 bridgehead atoms. The summed E-state index contributed by atoms with van der Waals surface area (Å²) >= 11 is 0. The highest BCUT2D eigenvalue weighted by molar-refractivity contribution is 5.83. The van der Waals surface area contributed by atoms with Crippen molar-refractivity contribution in [1.29, 1.82) is 0 Å². The molecule has 1 aromatic rings. The summed E-state index contributed by atoms with van der Waals surface area (Å²) in [7, 11) is 0. The molecule has 1 amide bonds. The molecule has 0 unspecified atom stereocenters. The third kappa shape index (κ3) is 4.28. The van der Waals surface area contributed by atoms with Crippen LogP contribution in [0.4, 0.5) is 11.4 Å². The zero-order chi connectivity index (χ0) is 15.1. The van der Waals surface area contributed by atoms with E-state index in [-0.39, 0.29) is 12.5 Å². The monoisotopic (exact) mass is 291 g/mol. The van der Waals surface area contributed by atoms with Crippen LogP contribution in [-0.2, 0) is 4.79 Å². The Hall–Kier alpha value is -1.91. The van der Waals surface area contributed by atoms with Crippen molar-refractivity contribution in [3.8, 4) is 5.75 Å². The number of nitrogens with one attached hydrogen (secondary N) is 1. The number of amides is 1. The molecule has 1 fully saturated rings. The van der Waals surface area contributed by atoms with Gasteiger partial charge in [-0.05, 0) is 37.8 Å². The van der Waals surface area contributed by atoms with Gasteiger partial charge in [-0.2, -0.15) is 0 Å². The number of hydrogen-bond donors (Lipinski definition) is 2. The van der Waals surface area contributed by atoms with Gasteiger partial charge < -0.3 is 20.7 Å². The van der Waals surface area contributed by atoms with Gasteiger partial charge in [0.15, 0.2) is 0 Å². The van der Waals surface area contributed by atoms with E-state index in [9.17, 15) is 4.79 Å². The van der Waals surface area contributed by atoms with E-state index in [0.29, 0.717) is 18.0 Å². The molecule has 1 aliphatic heterocycles. The first-order chi connectivity index (χ1) is 10.2. The number of carbonyl (C=O) groups is 1. The van der Waals surface area contributed by atoms with Gasteiger partial charge in [0.1, 0.15) is 5.75 Å². The first kappa shape index (κ1) is 15.5. The van der Waals surface area contributed by atoms with E-state index in [0.717, 1.165) is 38.0 Å². The van der Waals surface area contributed by atoms with Crippen molar-refractivity contribution < 1.29 is 9.53 Å². The maximum Gasteiger partial charge on any atom is 0.241 e. The fraction of sp³-hybridized carbons (Fsp3) is 0.562. The summed E-state index contributed by atoms with van der Waals surface area (Å²) in [5.41, 5.74) is 7.40. The van der Waals surface area contributed by atoms with E-state index >= 15 is 0 Å². The van der Waals surface area contributed by atoms with Gasteiger partial charge in [-0.25, -0.2) is 0 Å². The first-order valence-electron chi connectivity index (χ1n) is 7.75. The number of para-hydroxylation sites is 1. The molecular weight excluding hydrogens is 266 g/mol. The zero-order valence-electron chi connectivity index (χ0n) is 12.7. The first-order valence-corrected chi connectivity index (χ1v) is 7.75. The SMILES string of the molecule is CCCOc1cccc(NCC(=O)N2CCCCC2)c1N. The van der Waals surface area contributed by atoms with Gasteiger partial charge in [0.05, 0.1) is 24.5 Å². The van der Waals surface area contributed by atoms with Crippen LogP contribution in [0.15, 0.2) is 18.2 Å². The molecule has 0 radical (unpaired) electrons. The van der Waals surface area contributed by atoms with Crippen LogP contribution >= 0.6 is 0 Å². The summed E-state index contributed by atoms with van der Waals surface area (Å²) in [6.07, 6.45) is 4.37. The van der Waals surface area contributed by atoms with Crippen LogP contribution in [0.3, 0.4) is 0 Å². The van der Waals surface area contributed by atoms with Gasteiger partial charge in [0.25, 0.3) is 0 Å². The molecule has 0 aromatic heterocycles. The predicted molar refractivity (Wildman–Crippen MR) is 85.6 cm³/mol. The lowest BCUT2D eigenvalue weighted by Gasteiger charge is -2.27. The van der Waals surface area contributed by atoms with Crippen LogP contribution in [0.5, 0.6) is 5.75 Å². The summed E-state index contributed by atoms with van der Waals surface area (Å²) in [5, 5.41) is 3.13. The molecule has 1 aliphatic rings. The molecule has 3 N–H and O–H groups in total. The van der Waals surface area contributed by atoms with Crippen molar-refractivity contribution in [3.05, 3.63) is 18.2 Å². The molecule has 0 aliphatic carbocycles. The second kappa shape index (κ2) is 7.76. The van der Waals surface area contributed by atoms with E-state index in [4.69, 9.17) is 10.5 Å². The lowest BCUT2D eigenvalue weighted by Crippen LogP contribution is -2.39. The molecule has 0 saturated carbocycles. The molecule has 5 heteroatoms. The minimum absolute atomic E-state index is 0.133. The molecule has 21 heavy (non-hydrogen) atoms. The van der Waals surface area contributed by atoms with Crippen molar-refractivity contribution in [2.45, 2.75) is 32.6 Å². The van der Waals surface area contributed by atoms with Crippen LogP contribution in [0.25, 0.3) is 0 Å². The molecule has 2 rings (SSSR count). The molecule has 1 aromatic carbocycles. The largest absolute Gasteiger partial charge is 0.491 e. The van der Waals surface area contributed by atoms with Gasteiger partial charge in [0, 0.05) is 13.1 Å². The Morgan fingerprint density at radius 2 is 2.10 bits per heavy atom. The molecular formula is C16H25N3O2. The maximum atomic E-state index is 12.1. The number of nitrogens with two attached hydrogens (primary N) is 1. The van der Waals surface area contributed by atoms with E-state index in [2.05, 4.69) is 12.2 Å². The summed E-state index contributed by atoms with van der Waals surface area (Å²) in [6, 6.07) is 5.61. The third-order valence-corrected chi connectivity index (χ3v) is 3.67. The number of likely N-dealkylation sites (tertiary alicyclic amines) is 1. The average molecular weight is 291 g/mol. The van der Waals surface area contributed by atoms with Crippen molar-refractivity contribution in [2.24, 2.45) is 0 Å². The lowest BCUT2D eigenvalue weighted by atomic mass is 10.1. The third-order valence-electron chi connectivity index (χ3n) is 3.67. The van der Waals surface area contributed by atoms with Crippen LogP contribution in [0.2, 0.25) is 0 Å². The molecule has 0 spiro atoms. The standard InChI is InChI=1S/C16H25N3O2/c1-2-11-21-14-8-6-7-13(16(14)17)18-12-15(20)19-9-4-3-5-10-19/h6-8,18H,2-5,9-12,17H2,1H3. The summed E-state index contributed by atoms with van der Waals surface area (Å²) in [4.78, 5) is 14.1. The van der Waals surface area contributed by atoms with Crippen molar-refractivity contribution in [2.75, 3.05) is 37.3 Å². The van der Waals surface area contributed by atoms with E-state index in [1.807, 2.05) is 23.1 Å². The number of hydrogen-bond acceptors (Lipinski definition) is 4. The Balaban J connectivity index is 1.91. The number of carbonyl (C=O) groups excluding carboxylic acids is 1. The minimum Gasteiger partial charge on any atom is -0.491 e. The van der Waals surface area contributed by atoms with E-state index in [1.165, 1.54) is 6.42 Å². The summed E-state index contributed by atoms with van der Waals surface area (Å²) in [6.45, 7) is 4.71. The van der Waals surface area contributed by atoms with Gasteiger partial charge in [0.2, 0.25) is 5.91 Å². The normalized spacial score (nSPS) is 14.8. The number of benzene rings is 1. The maximum absolute atomic E-state index is 12.1. The fourth-order valence-electron chi connectivity index (χ4n) is 2.46. The Morgan fingerprint density at radius 1 is 1.33 bits per heavy atom. The zero-order valence-corrected chi connectivity index (χ0v) is 12.7. The number of piperidine rings is 1. The summed E-state index contributed by atoms with van der Waals surface area (Å²) in [5.74, 6) is 0.807. The number of ether oxygens (including phenoxy) is 1. The lowest BCUT2D eigenvalue weighted by molar-refractivity contribution is -0.130. The molecule has 116 valence electrons. The topological polar surface area (TPSA) is 67.6 Å². The van der Waals surface area contributed by atoms with Crippen LogP contribution in [-0.4, -0.2) is 37.0 Å². The Morgan fingerprint density at radius 3 is 2.81 bits per heavy atom. The van der Waals surface area contributed by atoms with Crippen LogP contribution in [0.1, 0.15) is 32.6 Å². The quantitative estimate of drug-likeness (QED) is 0.790. The van der Waals surface area contributed by atoms with E-state index < -0.39 is 0 Å². The van der Waals surface area contributed by atoms with Gasteiger partial charge in [-0.15, -0.1) is 0 Å². The molecule has 1 heterocycles. The minimum atomic E-state index is 0.133. The van der Waals surface area contributed by atoms with E-state index in [1.54, 1.807) is 0 Å². The number of nitrogen functional groups attached to an aromatic ring is 1. The molecule has 5 nitrogen and oxygen atoms in total. The Kier molecular flexibility index (Phi) is 5.72. The molecule has 1 saturated heterocycles. The smallest absolute Gasteiger partial charge is 0.241 e. The highest BCUT2D eigenvalue weighted by Crippen LogP contribution is 2.29. The van der Waals surface area contributed by atoms with Crippen molar-refractivity contribution >= 4 is 17.3 Å². The number of anilines is 2. The van der Waals surface area contributed by atoms with Gasteiger partial charge in [-0.3, -0.25) is 4.79 Å². The highest BCUT2D eigenvalue weighted by atomic mass is 16.5. The van der Waals surface area contributed by atoms with Gasteiger partial charge >= 0.3 is 0 Å². The number of nitrogens with zero attached hydrogens (tertiary/aromatic N) is 1. The number of rotatable bonds is 6. The average Bonchev–Trinajstić information content (AvgIpc) is 2.53. The second-order valence-corrected chi connectivity index (χ2v) is 5.36. The Bertz CT molecular complexity index is 471. The second-order valence-electron chi connectivity index (χ2n) is 5.36. The van der Waals surface area contributed by atoms with Crippen molar-refractivity contribution in [1.82, 2.24) is 4.90 Å². The molecule has 0 atom stereocenters. The van der Waals surface area contributed by atoms with Crippen molar-refractivity contribution in [3.63, 3.8) is 0 Å². The Labute approximate surface area is 126 Å². The van der Waals surface area contributed by atoms with Crippen LogP contribution in [0, 0.1) is 0 Å². The highest BCUT2D eigenvalue weighted by Gasteiger charge is 2.16. The predicted octanol–water partition coefficient (Wildman–Crippen LogP) is 2.48. The fourth-order valence-corrected chi connectivity index (χ4v) is 2.46. The summed E-state index contributed by atoms with van der Waals surface area (Å²) < 4.78 is 5.59. The van der Waals surface area contributed by atoms with Crippen LogP contribution < -0.4 is 15.8 Å². The van der Waals surface area contributed by atoms with Gasteiger partial charge in [-0.1, -0.05) is 13.0 Å².